The van der Waals surface area contributed by atoms with Gasteiger partial charge in [-0.3, -0.25) is 4.79 Å². The molecular formula is C25H42O4. The number of aliphatic hydroxyl groups is 2. The third-order valence-corrected chi connectivity index (χ3v) is 10.4. The molecule has 4 heteroatoms. The molecule has 0 bridgehead atoms. The number of hydrogen-bond acceptors (Lipinski definition) is 4. The number of rotatable bonds is 4. The van der Waals surface area contributed by atoms with Crippen LogP contribution in [0.2, 0.25) is 0 Å². The van der Waals surface area contributed by atoms with Gasteiger partial charge in [0.1, 0.15) is 0 Å². The second-order valence-electron chi connectivity index (χ2n) is 11.5. The summed E-state index contributed by atoms with van der Waals surface area (Å²) in [4.78, 5) is 11.6. The van der Waals surface area contributed by atoms with Crippen molar-refractivity contribution in [3.63, 3.8) is 0 Å². The average Bonchev–Trinajstić information content (AvgIpc) is 3.05. The predicted molar refractivity (Wildman–Crippen MR) is 113 cm³/mol. The van der Waals surface area contributed by atoms with Crippen LogP contribution in [-0.4, -0.2) is 35.5 Å². The molecule has 2 N–H and O–H groups in total. The van der Waals surface area contributed by atoms with Crippen LogP contribution in [0.3, 0.4) is 0 Å². The van der Waals surface area contributed by atoms with Gasteiger partial charge in [-0.2, -0.15) is 0 Å². The molecule has 0 aromatic rings. The lowest BCUT2D eigenvalue weighted by atomic mass is 9.44. The summed E-state index contributed by atoms with van der Waals surface area (Å²) >= 11 is 0. The molecule has 4 rings (SSSR count). The molecule has 4 saturated carbocycles. The summed E-state index contributed by atoms with van der Waals surface area (Å²) in [6, 6.07) is 0. The Labute approximate surface area is 176 Å². The summed E-state index contributed by atoms with van der Waals surface area (Å²) in [6.07, 6.45) is 9.77. The molecule has 4 nitrogen and oxygen atoms in total. The quantitative estimate of drug-likeness (QED) is 0.671. The number of carbonyl (C=O) groups excluding carboxylic acids is 1. The maximum atomic E-state index is 11.6. The van der Waals surface area contributed by atoms with E-state index in [4.69, 9.17) is 4.74 Å². The maximum Gasteiger partial charge on any atom is 0.305 e. The standard InChI is InChI=1S/C25H42O4/c1-15(5-8-23(28)29-4)18-6-7-19-17-14-22(27)21-13-16(26)9-11-25(21,3)20(17)10-12-24(18,19)2/h15-22,26-27H,5-14H2,1-4H3/t15-,16+,17-,18+,19-,20-,21-,22+,24-,25-/m1/s1. The third-order valence-electron chi connectivity index (χ3n) is 10.4. The Balaban J connectivity index is 1.52. The van der Waals surface area contributed by atoms with E-state index in [1.54, 1.807) is 0 Å². The Kier molecular flexibility index (Phi) is 5.83. The zero-order chi connectivity index (χ0) is 21.0. The van der Waals surface area contributed by atoms with Crippen molar-refractivity contribution in [2.24, 2.45) is 46.3 Å². The van der Waals surface area contributed by atoms with Crippen LogP contribution in [0.15, 0.2) is 0 Å². The lowest BCUT2D eigenvalue weighted by Gasteiger charge is -2.62. The van der Waals surface area contributed by atoms with Gasteiger partial charge >= 0.3 is 5.97 Å². The largest absolute Gasteiger partial charge is 0.469 e. The van der Waals surface area contributed by atoms with E-state index in [1.165, 1.54) is 32.8 Å². The molecule has 166 valence electrons. The average molecular weight is 407 g/mol. The highest BCUT2D eigenvalue weighted by Gasteiger charge is 2.62. The molecule has 0 aromatic heterocycles. The van der Waals surface area contributed by atoms with Crippen molar-refractivity contribution in [2.45, 2.75) is 97.2 Å². The highest BCUT2D eigenvalue weighted by atomic mass is 16.5. The summed E-state index contributed by atoms with van der Waals surface area (Å²) in [7, 11) is 1.48. The molecule has 0 aromatic carbocycles. The number of carbonyl (C=O) groups is 1. The topological polar surface area (TPSA) is 66.8 Å². The van der Waals surface area contributed by atoms with Crippen LogP contribution in [0.5, 0.6) is 0 Å². The van der Waals surface area contributed by atoms with Crippen LogP contribution >= 0.6 is 0 Å². The Morgan fingerprint density at radius 1 is 1.00 bits per heavy atom. The fourth-order valence-corrected chi connectivity index (χ4v) is 8.90. The molecular weight excluding hydrogens is 364 g/mol. The van der Waals surface area contributed by atoms with E-state index < -0.39 is 0 Å². The smallest absolute Gasteiger partial charge is 0.305 e. The summed E-state index contributed by atoms with van der Waals surface area (Å²) in [6.45, 7) is 7.28. The minimum Gasteiger partial charge on any atom is -0.469 e. The van der Waals surface area contributed by atoms with Gasteiger partial charge in [0.25, 0.3) is 0 Å². The van der Waals surface area contributed by atoms with Crippen LogP contribution in [0, 0.1) is 46.3 Å². The summed E-state index contributed by atoms with van der Waals surface area (Å²) < 4.78 is 4.86. The first-order chi connectivity index (χ1) is 13.7. The van der Waals surface area contributed by atoms with Gasteiger partial charge in [0.05, 0.1) is 19.3 Å². The zero-order valence-electron chi connectivity index (χ0n) is 18.9. The van der Waals surface area contributed by atoms with E-state index in [-0.39, 0.29) is 29.5 Å². The van der Waals surface area contributed by atoms with Gasteiger partial charge in [-0.05, 0) is 104 Å². The number of methoxy groups -OCH3 is 1. The van der Waals surface area contributed by atoms with Crippen molar-refractivity contribution in [1.82, 2.24) is 0 Å². The van der Waals surface area contributed by atoms with Gasteiger partial charge in [0, 0.05) is 6.42 Å². The lowest BCUT2D eigenvalue weighted by Crippen LogP contribution is -2.58. The van der Waals surface area contributed by atoms with Crippen molar-refractivity contribution in [3.05, 3.63) is 0 Å². The Morgan fingerprint density at radius 2 is 1.69 bits per heavy atom. The Morgan fingerprint density at radius 3 is 2.41 bits per heavy atom. The molecule has 4 aliphatic carbocycles. The second-order valence-corrected chi connectivity index (χ2v) is 11.5. The first-order valence-electron chi connectivity index (χ1n) is 12.1. The van der Waals surface area contributed by atoms with Gasteiger partial charge < -0.3 is 14.9 Å². The molecule has 0 aliphatic heterocycles. The fraction of sp³-hybridized carbons (Fsp3) is 0.960. The Hall–Kier alpha value is -0.610. The molecule has 0 heterocycles. The second kappa shape index (κ2) is 7.82. The minimum absolute atomic E-state index is 0.0888. The van der Waals surface area contributed by atoms with Crippen LogP contribution in [0.1, 0.15) is 85.0 Å². The van der Waals surface area contributed by atoms with E-state index in [1.807, 2.05) is 0 Å². The van der Waals surface area contributed by atoms with Crippen LogP contribution < -0.4 is 0 Å². The van der Waals surface area contributed by atoms with E-state index >= 15 is 0 Å². The van der Waals surface area contributed by atoms with E-state index in [0.717, 1.165) is 32.1 Å². The van der Waals surface area contributed by atoms with E-state index in [0.29, 0.717) is 41.4 Å². The lowest BCUT2D eigenvalue weighted by molar-refractivity contribution is -0.172. The predicted octanol–water partition coefficient (Wildman–Crippen LogP) is 4.57. The highest BCUT2D eigenvalue weighted by molar-refractivity contribution is 5.69. The molecule has 4 aliphatic rings. The SMILES string of the molecule is COC(=O)CC[C@@H](C)[C@@H]1CC[C@@H]2[C@H]3C[C@H](O)[C@H]4C[C@@H](O)CC[C@]4(C)[C@@H]3CC[C@@]21C. The van der Waals surface area contributed by atoms with Crippen LogP contribution in [-0.2, 0) is 9.53 Å². The molecule has 0 radical (unpaired) electrons. The van der Waals surface area contributed by atoms with Crippen LogP contribution in [0.4, 0.5) is 0 Å². The number of esters is 1. The summed E-state index contributed by atoms with van der Waals surface area (Å²) in [5.74, 6) is 3.42. The van der Waals surface area contributed by atoms with Crippen molar-refractivity contribution >= 4 is 5.97 Å². The van der Waals surface area contributed by atoms with E-state index in [9.17, 15) is 15.0 Å². The normalized spacial score (nSPS) is 50.2. The molecule has 0 spiro atoms. The first-order valence-corrected chi connectivity index (χ1v) is 12.1. The molecule has 10 atom stereocenters. The maximum absolute atomic E-state index is 11.6. The highest BCUT2D eigenvalue weighted by Crippen LogP contribution is 2.68. The molecule has 29 heavy (non-hydrogen) atoms. The third kappa shape index (κ3) is 3.46. The van der Waals surface area contributed by atoms with Gasteiger partial charge in [-0.1, -0.05) is 20.8 Å². The molecule has 0 saturated heterocycles. The van der Waals surface area contributed by atoms with Gasteiger partial charge in [0.15, 0.2) is 0 Å². The van der Waals surface area contributed by atoms with Crippen molar-refractivity contribution in [2.75, 3.05) is 7.11 Å². The molecule has 4 fully saturated rings. The number of fused-ring (bicyclic) bond motifs is 5. The number of hydrogen-bond donors (Lipinski definition) is 2. The van der Waals surface area contributed by atoms with Crippen molar-refractivity contribution < 1.29 is 19.7 Å². The van der Waals surface area contributed by atoms with Gasteiger partial charge in [-0.25, -0.2) is 0 Å². The number of aliphatic hydroxyl groups excluding tert-OH is 2. The zero-order valence-corrected chi connectivity index (χ0v) is 18.9. The van der Waals surface area contributed by atoms with Crippen LogP contribution in [0.25, 0.3) is 0 Å². The Bertz CT molecular complexity index is 620. The van der Waals surface area contributed by atoms with Crippen molar-refractivity contribution in [3.8, 4) is 0 Å². The summed E-state index contributed by atoms with van der Waals surface area (Å²) in [5.41, 5.74) is 0.533. The van der Waals surface area contributed by atoms with Crippen molar-refractivity contribution in [1.29, 1.82) is 0 Å². The molecule has 0 amide bonds. The number of ether oxygens (including phenoxy) is 1. The van der Waals surface area contributed by atoms with Gasteiger partial charge in [-0.15, -0.1) is 0 Å². The summed E-state index contributed by atoms with van der Waals surface area (Å²) in [5, 5.41) is 21.3. The van der Waals surface area contributed by atoms with E-state index in [2.05, 4.69) is 20.8 Å². The first kappa shape index (κ1) is 21.6. The fourth-order valence-electron chi connectivity index (χ4n) is 8.90. The monoisotopic (exact) mass is 406 g/mol. The van der Waals surface area contributed by atoms with Gasteiger partial charge in [0.2, 0.25) is 0 Å². The minimum atomic E-state index is -0.255. The molecule has 0 unspecified atom stereocenters.